The van der Waals surface area contributed by atoms with Gasteiger partial charge in [-0.25, -0.2) is 9.48 Å². The number of benzene rings is 1. The van der Waals surface area contributed by atoms with Gasteiger partial charge in [-0.15, -0.1) is 0 Å². The van der Waals surface area contributed by atoms with E-state index in [2.05, 4.69) is 15.7 Å². The van der Waals surface area contributed by atoms with Crippen LogP contribution in [-0.4, -0.2) is 33.9 Å². The standard InChI is InChI=1S/C19H24N4O5/c1-13(28-18(26)22-14-8-6-5-7-9-14)16(24)21-15-10-20-23(11-15)12-27-17(25)19(2,3)4/h5-11,13H,12H2,1-4H3,(H,21,24)(H,22,26)/t13-/m0/s1. The van der Waals surface area contributed by atoms with Crippen LogP contribution in [0.2, 0.25) is 0 Å². The Labute approximate surface area is 163 Å². The van der Waals surface area contributed by atoms with E-state index in [0.717, 1.165) is 0 Å². The molecule has 28 heavy (non-hydrogen) atoms. The fourth-order valence-corrected chi connectivity index (χ4v) is 1.97. The van der Waals surface area contributed by atoms with E-state index in [1.54, 1.807) is 45.0 Å². The number of esters is 1. The van der Waals surface area contributed by atoms with Gasteiger partial charge < -0.3 is 14.8 Å². The van der Waals surface area contributed by atoms with Crippen molar-refractivity contribution in [1.29, 1.82) is 0 Å². The first-order valence-electron chi connectivity index (χ1n) is 8.68. The van der Waals surface area contributed by atoms with Gasteiger partial charge in [0.25, 0.3) is 5.91 Å². The third-order valence-corrected chi connectivity index (χ3v) is 3.51. The quantitative estimate of drug-likeness (QED) is 0.736. The minimum absolute atomic E-state index is 0.0719. The molecule has 1 aromatic heterocycles. The molecule has 0 bridgehead atoms. The zero-order valence-corrected chi connectivity index (χ0v) is 16.3. The topological polar surface area (TPSA) is 112 Å². The number of nitrogens with zero attached hydrogens (tertiary/aromatic N) is 2. The Kier molecular flexibility index (Phi) is 6.75. The lowest BCUT2D eigenvalue weighted by molar-refractivity contribution is -0.157. The number of amides is 2. The summed E-state index contributed by atoms with van der Waals surface area (Å²) in [6, 6.07) is 8.75. The molecule has 0 unspecified atom stereocenters. The Morgan fingerprint density at radius 1 is 1.11 bits per heavy atom. The number of hydrogen-bond acceptors (Lipinski definition) is 6. The van der Waals surface area contributed by atoms with Crippen LogP contribution in [0.3, 0.4) is 0 Å². The highest BCUT2D eigenvalue weighted by molar-refractivity contribution is 5.95. The molecule has 0 spiro atoms. The largest absolute Gasteiger partial charge is 0.442 e. The van der Waals surface area contributed by atoms with Crippen LogP contribution in [0.4, 0.5) is 16.2 Å². The minimum Gasteiger partial charge on any atom is -0.442 e. The molecular formula is C19H24N4O5. The van der Waals surface area contributed by atoms with E-state index in [4.69, 9.17) is 9.47 Å². The number of aromatic nitrogens is 2. The van der Waals surface area contributed by atoms with Crippen molar-refractivity contribution in [2.45, 2.75) is 40.5 Å². The minimum atomic E-state index is -1.02. The van der Waals surface area contributed by atoms with Gasteiger partial charge in [0, 0.05) is 5.69 Å². The van der Waals surface area contributed by atoms with Crippen LogP contribution in [-0.2, 0) is 25.8 Å². The first-order chi connectivity index (χ1) is 13.1. The van der Waals surface area contributed by atoms with Crippen molar-refractivity contribution in [3.8, 4) is 0 Å². The molecule has 9 heteroatoms. The smallest absolute Gasteiger partial charge is 0.412 e. The number of para-hydroxylation sites is 1. The highest BCUT2D eigenvalue weighted by atomic mass is 16.6. The highest BCUT2D eigenvalue weighted by Crippen LogP contribution is 2.16. The van der Waals surface area contributed by atoms with Gasteiger partial charge >= 0.3 is 12.1 Å². The number of carbonyl (C=O) groups is 3. The predicted octanol–water partition coefficient (Wildman–Crippen LogP) is 3.01. The van der Waals surface area contributed by atoms with Crippen molar-refractivity contribution in [3.63, 3.8) is 0 Å². The monoisotopic (exact) mass is 388 g/mol. The van der Waals surface area contributed by atoms with Gasteiger partial charge in [0.2, 0.25) is 0 Å². The molecule has 2 amide bonds. The lowest BCUT2D eigenvalue weighted by Crippen LogP contribution is -2.31. The number of ether oxygens (including phenoxy) is 2. The Hall–Kier alpha value is -3.36. The molecule has 0 saturated carbocycles. The van der Waals surface area contributed by atoms with Gasteiger partial charge in [0.05, 0.1) is 23.5 Å². The molecule has 0 saturated heterocycles. The highest BCUT2D eigenvalue weighted by Gasteiger charge is 2.23. The molecule has 9 nitrogen and oxygen atoms in total. The molecular weight excluding hydrogens is 364 g/mol. The fraction of sp³-hybridized carbons (Fsp3) is 0.368. The summed E-state index contributed by atoms with van der Waals surface area (Å²) in [5, 5.41) is 9.11. The predicted molar refractivity (Wildman–Crippen MR) is 102 cm³/mol. The van der Waals surface area contributed by atoms with Crippen LogP contribution in [0.25, 0.3) is 0 Å². The summed E-state index contributed by atoms with van der Waals surface area (Å²) < 4.78 is 11.6. The molecule has 0 aliphatic heterocycles. The average Bonchev–Trinajstić information content (AvgIpc) is 3.06. The first kappa shape index (κ1) is 20.9. The molecule has 1 atom stereocenters. The summed E-state index contributed by atoms with van der Waals surface area (Å²) in [6.45, 7) is 6.63. The van der Waals surface area contributed by atoms with E-state index < -0.39 is 23.5 Å². The van der Waals surface area contributed by atoms with Crippen molar-refractivity contribution in [2.75, 3.05) is 10.6 Å². The molecule has 150 valence electrons. The number of rotatable bonds is 6. The third kappa shape index (κ3) is 6.42. The maximum Gasteiger partial charge on any atom is 0.412 e. The van der Waals surface area contributed by atoms with E-state index in [1.807, 2.05) is 6.07 Å². The average molecular weight is 388 g/mol. The Morgan fingerprint density at radius 3 is 2.43 bits per heavy atom. The molecule has 2 aromatic rings. The van der Waals surface area contributed by atoms with Crippen molar-refractivity contribution in [3.05, 3.63) is 42.7 Å². The number of anilines is 2. The summed E-state index contributed by atoms with van der Waals surface area (Å²) in [4.78, 5) is 35.8. The zero-order valence-electron chi connectivity index (χ0n) is 16.3. The van der Waals surface area contributed by atoms with Gasteiger partial charge in [0.15, 0.2) is 12.8 Å². The van der Waals surface area contributed by atoms with Crippen LogP contribution >= 0.6 is 0 Å². The second kappa shape index (κ2) is 9.03. The summed E-state index contributed by atoms with van der Waals surface area (Å²) in [5.74, 6) is -0.880. The number of hydrogen-bond donors (Lipinski definition) is 2. The van der Waals surface area contributed by atoms with Gasteiger partial charge in [-0.1, -0.05) is 18.2 Å². The SMILES string of the molecule is C[C@H](OC(=O)Nc1ccccc1)C(=O)Nc1cnn(COC(=O)C(C)(C)C)c1. The molecule has 2 rings (SSSR count). The molecule has 1 aromatic carbocycles. The molecule has 1 heterocycles. The van der Waals surface area contributed by atoms with Crippen molar-refractivity contribution in [2.24, 2.45) is 5.41 Å². The number of carbonyl (C=O) groups excluding carboxylic acids is 3. The second-order valence-corrected chi connectivity index (χ2v) is 7.11. The molecule has 2 N–H and O–H groups in total. The fourth-order valence-electron chi connectivity index (χ4n) is 1.97. The second-order valence-electron chi connectivity index (χ2n) is 7.11. The van der Waals surface area contributed by atoms with E-state index in [-0.39, 0.29) is 12.7 Å². The van der Waals surface area contributed by atoms with E-state index in [9.17, 15) is 14.4 Å². The Bertz CT molecular complexity index is 826. The van der Waals surface area contributed by atoms with Gasteiger partial charge in [0.1, 0.15) is 0 Å². The molecule has 0 radical (unpaired) electrons. The molecule has 0 aliphatic rings. The van der Waals surface area contributed by atoms with Crippen LogP contribution in [0.15, 0.2) is 42.7 Å². The van der Waals surface area contributed by atoms with E-state index in [0.29, 0.717) is 11.4 Å². The maximum absolute atomic E-state index is 12.2. The molecule has 0 aliphatic carbocycles. The molecule has 0 fully saturated rings. The lowest BCUT2D eigenvalue weighted by Gasteiger charge is -2.16. The summed E-state index contributed by atoms with van der Waals surface area (Å²) in [7, 11) is 0. The normalized spacial score (nSPS) is 12.0. The van der Waals surface area contributed by atoms with Crippen molar-refractivity contribution < 1.29 is 23.9 Å². The van der Waals surface area contributed by atoms with Crippen LogP contribution < -0.4 is 10.6 Å². The van der Waals surface area contributed by atoms with Gasteiger partial charge in [-0.2, -0.15) is 5.10 Å². The summed E-state index contributed by atoms with van der Waals surface area (Å²) >= 11 is 0. The van der Waals surface area contributed by atoms with E-state index >= 15 is 0 Å². The summed E-state index contributed by atoms with van der Waals surface area (Å²) in [5.41, 5.74) is 0.332. The van der Waals surface area contributed by atoms with Crippen LogP contribution in [0.5, 0.6) is 0 Å². The zero-order chi connectivity index (χ0) is 20.7. The van der Waals surface area contributed by atoms with Crippen molar-refractivity contribution in [1.82, 2.24) is 9.78 Å². The van der Waals surface area contributed by atoms with Crippen molar-refractivity contribution >= 4 is 29.3 Å². The Balaban J connectivity index is 1.81. The third-order valence-electron chi connectivity index (χ3n) is 3.51. The lowest BCUT2D eigenvalue weighted by atomic mass is 9.98. The van der Waals surface area contributed by atoms with Gasteiger partial charge in [-0.05, 0) is 39.8 Å². The van der Waals surface area contributed by atoms with E-state index in [1.165, 1.54) is 24.0 Å². The van der Waals surface area contributed by atoms with Crippen LogP contribution in [0.1, 0.15) is 27.7 Å². The van der Waals surface area contributed by atoms with Gasteiger partial charge in [-0.3, -0.25) is 14.9 Å². The first-order valence-corrected chi connectivity index (χ1v) is 8.68. The summed E-state index contributed by atoms with van der Waals surface area (Å²) in [6.07, 6.45) is 1.15. The maximum atomic E-state index is 12.2. The van der Waals surface area contributed by atoms with Crippen LogP contribution in [0, 0.1) is 5.41 Å². The number of nitrogens with one attached hydrogen (secondary N) is 2. The Morgan fingerprint density at radius 2 is 1.79 bits per heavy atom.